The van der Waals surface area contributed by atoms with Gasteiger partial charge >= 0.3 is 0 Å². The molecule has 0 amide bonds. The van der Waals surface area contributed by atoms with Crippen LogP contribution >= 0.6 is 0 Å². The van der Waals surface area contributed by atoms with Crippen molar-refractivity contribution in [2.24, 2.45) is 0 Å². The predicted octanol–water partition coefficient (Wildman–Crippen LogP) is 3.72. The summed E-state index contributed by atoms with van der Waals surface area (Å²) in [6.07, 6.45) is -0.744. The van der Waals surface area contributed by atoms with Crippen LogP contribution in [-0.2, 0) is 5.41 Å². The van der Waals surface area contributed by atoms with Crippen LogP contribution in [0.1, 0.15) is 31.1 Å². The summed E-state index contributed by atoms with van der Waals surface area (Å²) in [7, 11) is 3.20. The van der Waals surface area contributed by atoms with Crippen LogP contribution in [0.5, 0.6) is 11.5 Å². The van der Waals surface area contributed by atoms with Gasteiger partial charge in [0.1, 0.15) is 11.5 Å². The SMILES string of the molecule is COc1cccc(OC)c1C(O)C(C)(C)c1ccccc1. The zero-order chi connectivity index (χ0) is 15.5. The fourth-order valence-corrected chi connectivity index (χ4v) is 2.54. The quantitative estimate of drug-likeness (QED) is 0.910. The van der Waals surface area contributed by atoms with Gasteiger partial charge in [0.25, 0.3) is 0 Å². The van der Waals surface area contributed by atoms with Crippen LogP contribution in [-0.4, -0.2) is 19.3 Å². The number of methoxy groups -OCH3 is 2. The van der Waals surface area contributed by atoms with Crippen LogP contribution in [0.2, 0.25) is 0 Å². The molecular weight excluding hydrogens is 264 g/mol. The van der Waals surface area contributed by atoms with Crippen molar-refractivity contribution >= 4 is 0 Å². The summed E-state index contributed by atoms with van der Waals surface area (Å²) < 4.78 is 10.8. The number of hydrogen-bond donors (Lipinski definition) is 1. The number of aliphatic hydroxyl groups is 1. The van der Waals surface area contributed by atoms with Crippen LogP contribution < -0.4 is 9.47 Å². The van der Waals surface area contributed by atoms with Crippen LogP contribution in [0.4, 0.5) is 0 Å². The lowest BCUT2D eigenvalue weighted by Crippen LogP contribution is -2.27. The van der Waals surface area contributed by atoms with Gasteiger partial charge in [0.05, 0.1) is 25.9 Å². The lowest BCUT2D eigenvalue weighted by Gasteiger charge is -2.33. The smallest absolute Gasteiger partial charge is 0.128 e. The summed E-state index contributed by atoms with van der Waals surface area (Å²) in [4.78, 5) is 0. The van der Waals surface area contributed by atoms with E-state index >= 15 is 0 Å². The van der Waals surface area contributed by atoms with Crippen molar-refractivity contribution in [3.63, 3.8) is 0 Å². The summed E-state index contributed by atoms with van der Waals surface area (Å²) in [5, 5.41) is 11.0. The van der Waals surface area contributed by atoms with Crippen LogP contribution in [0.15, 0.2) is 48.5 Å². The molecular formula is C18H22O3. The molecule has 2 rings (SSSR count). The lowest BCUT2D eigenvalue weighted by atomic mass is 9.76. The second-order valence-corrected chi connectivity index (χ2v) is 5.57. The average Bonchev–Trinajstić information content (AvgIpc) is 2.54. The summed E-state index contributed by atoms with van der Waals surface area (Å²) in [5.41, 5.74) is 1.27. The standard InChI is InChI=1S/C18H22O3/c1-18(2,13-9-6-5-7-10-13)17(19)16-14(20-3)11-8-12-15(16)21-4/h5-12,17,19H,1-4H3. The topological polar surface area (TPSA) is 38.7 Å². The third kappa shape index (κ3) is 2.88. The van der Waals surface area contributed by atoms with E-state index in [2.05, 4.69) is 0 Å². The van der Waals surface area contributed by atoms with Crippen molar-refractivity contribution in [2.45, 2.75) is 25.4 Å². The molecule has 21 heavy (non-hydrogen) atoms. The van der Waals surface area contributed by atoms with E-state index in [1.807, 2.05) is 62.4 Å². The van der Waals surface area contributed by atoms with E-state index in [0.717, 1.165) is 5.56 Å². The maximum atomic E-state index is 11.0. The molecule has 1 atom stereocenters. The average molecular weight is 286 g/mol. The molecule has 0 aliphatic rings. The van der Waals surface area contributed by atoms with E-state index in [1.165, 1.54) is 0 Å². The Morgan fingerprint density at radius 1 is 0.857 bits per heavy atom. The molecule has 0 aromatic heterocycles. The minimum Gasteiger partial charge on any atom is -0.496 e. The van der Waals surface area contributed by atoms with Crippen molar-refractivity contribution in [3.8, 4) is 11.5 Å². The van der Waals surface area contributed by atoms with E-state index in [-0.39, 0.29) is 0 Å². The number of benzene rings is 2. The summed E-state index contributed by atoms with van der Waals surface area (Å²) >= 11 is 0. The molecule has 1 unspecified atom stereocenters. The maximum absolute atomic E-state index is 11.0. The summed E-state index contributed by atoms with van der Waals surface area (Å²) in [5.74, 6) is 1.26. The zero-order valence-corrected chi connectivity index (χ0v) is 13.0. The second-order valence-electron chi connectivity index (χ2n) is 5.57. The van der Waals surface area contributed by atoms with Crippen LogP contribution in [0.3, 0.4) is 0 Å². The molecule has 0 saturated heterocycles. The highest BCUT2D eigenvalue weighted by Gasteiger charge is 2.34. The highest BCUT2D eigenvalue weighted by molar-refractivity contribution is 5.48. The Labute approximate surface area is 126 Å². The van der Waals surface area contributed by atoms with Gasteiger partial charge in [-0.2, -0.15) is 0 Å². The number of ether oxygens (including phenoxy) is 2. The summed E-state index contributed by atoms with van der Waals surface area (Å²) in [6.45, 7) is 4.03. The molecule has 0 bridgehead atoms. The van der Waals surface area contributed by atoms with Gasteiger partial charge in [0, 0.05) is 5.41 Å². The van der Waals surface area contributed by atoms with E-state index < -0.39 is 11.5 Å². The largest absolute Gasteiger partial charge is 0.496 e. The van der Waals surface area contributed by atoms with Gasteiger partial charge in [-0.1, -0.05) is 50.2 Å². The Morgan fingerprint density at radius 3 is 1.86 bits per heavy atom. The molecule has 2 aromatic rings. The van der Waals surface area contributed by atoms with Crippen molar-refractivity contribution in [1.82, 2.24) is 0 Å². The van der Waals surface area contributed by atoms with E-state index in [4.69, 9.17) is 9.47 Å². The Bertz CT molecular complexity index is 568. The third-order valence-corrected chi connectivity index (χ3v) is 3.94. The first-order chi connectivity index (χ1) is 10.0. The molecule has 0 aliphatic carbocycles. The van der Waals surface area contributed by atoms with Gasteiger partial charge in [-0.25, -0.2) is 0 Å². The van der Waals surface area contributed by atoms with Gasteiger partial charge in [-0.3, -0.25) is 0 Å². The van der Waals surface area contributed by atoms with Gasteiger partial charge in [0.2, 0.25) is 0 Å². The molecule has 2 aromatic carbocycles. The molecule has 112 valence electrons. The van der Waals surface area contributed by atoms with E-state index in [0.29, 0.717) is 17.1 Å². The second kappa shape index (κ2) is 6.19. The Hall–Kier alpha value is -2.00. The fraction of sp³-hybridized carbons (Fsp3) is 0.333. The van der Waals surface area contributed by atoms with Gasteiger partial charge < -0.3 is 14.6 Å². The first-order valence-corrected chi connectivity index (χ1v) is 6.96. The van der Waals surface area contributed by atoms with E-state index in [1.54, 1.807) is 14.2 Å². The van der Waals surface area contributed by atoms with Crippen molar-refractivity contribution < 1.29 is 14.6 Å². The fourth-order valence-electron chi connectivity index (χ4n) is 2.54. The lowest BCUT2D eigenvalue weighted by molar-refractivity contribution is 0.0945. The molecule has 1 N–H and O–H groups in total. The van der Waals surface area contributed by atoms with Crippen molar-refractivity contribution in [2.75, 3.05) is 14.2 Å². The van der Waals surface area contributed by atoms with Crippen LogP contribution in [0.25, 0.3) is 0 Å². The number of rotatable bonds is 5. The molecule has 0 radical (unpaired) electrons. The Balaban J connectivity index is 2.51. The highest BCUT2D eigenvalue weighted by Crippen LogP contribution is 2.44. The van der Waals surface area contributed by atoms with Crippen LogP contribution in [0, 0.1) is 0 Å². The Kier molecular flexibility index (Phi) is 4.53. The normalized spacial score (nSPS) is 12.8. The first-order valence-electron chi connectivity index (χ1n) is 6.96. The van der Waals surface area contributed by atoms with Gasteiger partial charge in [-0.05, 0) is 17.7 Å². The van der Waals surface area contributed by atoms with E-state index in [9.17, 15) is 5.11 Å². The molecule has 0 aliphatic heterocycles. The molecule has 0 fully saturated rings. The molecule has 0 spiro atoms. The zero-order valence-electron chi connectivity index (χ0n) is 13.0. The minimum atomic E-state index is -0.744. The van der Waals surface area contributed by atoms with Crippen molar-refractivity contribution in [3.05, 3.63) is 59.7 Å². The van der Waals surface area contributed by atoms with Gasteiger partial charge in [0.15, 0.2) is 0 Å². The van der Waals surface area contributed by atoms with Crippen molar-refractivity contribution in [1.29, 1.82) is 0 Å². The minimum absolute atomic E-state index is 0.469. The summed E-state index contributed by atoms with van der Waals surface area (Å²) in [6, 6.07) is 15.5. The molecule has 3 nitrogen and oxygen atoms in total. The number of aliphatic hydroxyl groups excluding tert-OH is 1. The number of hydrogen-bond acceptors (Lipinski definition) is 3. The highest BCUT2D eigenvalue weighted by atomic mass is 16.5. The van der Waals surface area contributed by atoms with Gasteiger partial charge in [-0.15, -0.1) is 0 Å². The molecule has 0 saturated carbocycles. The maximum Gasteiger partial charge on any atom is 0.128 e. The molecule has 3 heteroatoms. The monoisotopic (exact) mass is 286 g/mol. The first kappa shape index (κ1) is 15.4. The predicted molar refractivity (Wildman–Crippen MR) is 84.0 cm³/mol. The third-order valence-electron chi connectivity index (χ3n) is 3.94. The Morgan fingerprint density at radius 2 is 1.38 bits per heavy atom. The molecule has 0 heterocycles.